The van der Waals surface area contributed by atoms with Gasteiger partial charge in [0.1, 0.15) is 11.9 Å². The Morgan fingerprint density at radius 3 is 2.85 bits per heavy atom. The Labute approximate surface area is 205 Å². The average Bonchev–Trinajstić information content (AvgIpc) is 3.40. The number of hydrogen-bond acceptors (Lipinski definition) is 6. The predicted octanol–water partition coefficient (Wildman–Crippen LogP) is 4.40. The molecule has 10 heteroatoms. The van der Waals surface area contributed by atoms with Crippen LogP contribution in [0.15, 0.2) is 30.5 Å². The fourth-order valence-electron chi connectivity index (χ4n) is 4.37. The summed E-state index contributed by atoms with van der Waals surface area (Å²) in [6, 6.07) is 7.10. The van der Waals surface area contributed by atoms with Crippen molar-refractivity contribution in [1.29, 1.82) is 0 Å². The second-order valence-corrected chi connectivity index (χ2v) is 10.2. The Balaban J connectivity index is 1.54. The van der Waals surface area contributed by atoms with Crippen LogP contribution in [0.5, 0.6) is 5.75 Å². The monoisotopic (exact) mass is 502 g/mol. The van der Waals surface area contributed by atoms with Crippen LogP contribution < -0.4 is 10.1 Å². The summed E-state index contributed by atoms with van der Waals surface area (Å²) in [5.74, 6) is 0.409. The third-order valence-electron chi connectivity index (χ3n) is 6.18. The molecule has 0 spiro atoms. The maximum absolute atomic E-state index is 14.3. The van der Waals surface area contributed by atoms with E-state index in [0.717, 1.165) is 31.8 Å². The summed E-state index contributed by atoms with van der Waals surface area (Å²) in [4.78, 5) is 33.0. The number of carbonyl (C=O) groups is 2. The Kier molecular flexibility index (Phi) is 6.18. The minimum atomic E-state index is -1.09. The van der Waals surface area contributed by atoms with E-state index in [1.807, 2.05) is 25.1 Å². The Morgan fingerprint density at radius 2 is 2.09 bits per heavy atom. The van der Waals surface area contributed by atoms with Crippen molar-refractivity contribution >= 4 is 45.1 Å². The lowest BCUT2D eigenvalue weighted by Gasteiger charge is -2.31. The molecule has 4 heterocycles. The second kappa shape index (κ2) is 9.13. The number of halogens is 2. The SMILES string of the molecule is Cc1cc(Cl)cc(-c2ccnc3cc(CN4C(=O)CCN(C)C4=O)sc23)c1O[C@@H]1CNC[C@@H]1F. The van der Waals surface area contributed by atoms with E-state index < -0.39 is 12.3 Å². The van der Waals surface area contributed by atoms with Gasteiger partial charge in [-0.3, -0.25) is 14.7 Å². The van der Waals surface area contributed by atoms with Gasteiger partial charge < -0.3 is 15.0 Å². The van der Waals surface area contributed by atoms with Crippen molar-refractivity contribution in [3.63, 3.8) is 0 Å². The number of thiophene rings is 1. The highest BCUT2D eigenvalue weighted by Crippen LogP contribution is 2.42. The van der Waals surface area contributed by atoms with Crippen molar-refractivity contribution in [2.45, 2.75) is 32.2 Å². The van der Waals surface area contributed by atoms with E-state index in [1.165, 1.54) is 16.2 Å². The summed E-state index contributed by atoms with van der Waals surface area (Å²) < 4.78 is 21.3. The minimum absolute atomic E-state index is 0.180. The highest BCUT2D eigenvalue weighted by Gasteiger charge is 2.31. The molecule has 1 N–H and O–H groups in total. The molecule has 34 heavy (non-hydrogen) atoms. The van der Waals surface area contributed by atoms with Crippen molar-refractivity contribution < 1.29 is 18.7 Å². The number of imide groups is 1. The molecule has 2 aromatic heterocycles. The largest absolute Gasteiger partial charge is 0.485 e. The molecule has 2 saturated heterocycles. The van der Waals surface area contributed by atoms with Gasteiger partial charge in [0.05, 0.1) is 16.8 Å². The van der Waals surface area contributed by atoms with E-state index in [0.29, 0.717) is 30.3 Å². The van der Waals surface area contributed by atoms with Crippen LogP contribution in [0.2, 0.25) is 5.02 Å². The van der Waals surface area contributed by atoms with E-state index in [9.17, 15) is 14.0 Å². The van der Waals surface area contributed by atoms with Crippen molar-refractivity contribution in [3.05, 3.63) is 45.9 Å². The molecule has 7 nitrogen and oxygen atoms in total. The summed E-state index contributed by atoms with van der Waals surface area (Å²) >= 11 is 7.88. The van der Waals surface area contributed by atoms with Crippen LogP contribution in [0, 0.1) is 6.92 Å². The van der Waals surface area contributed by atoms with Crippen molar-refractivity contribution in [3.8, 4) is 16.9 Å². The number of aryl methyl sites for hydroxylation is 1. The number of rotatable bonds is 5. The molecule has 0 radical (unpaired) electrons. The van der Waals surface area contributed by atoms with Gasteiger partial charge >= 0.3 is 6.03 Å². The Morgan fingerprint density at radius 1 is 1.26 bits per heavy atom. The number of fused-ring (bicyclic) bond motifs is 1. The fourth-order valence-corrected chi connectivity index (χ4v) is 5.78. The Hall–Kier alpha value is -2.75. The number of amides is 3. The van der Waals surface area contributed by atoms with E-state index >= 15 is 0 Å². The van der Waals surface area contributed by atoms with E-state index in [4.69, 9.17) is 16.3 Å². The highest BCUT2D eigenvalue weighted by molar-refractivity contribution is 7.19. The predicted molar refractivity (Wildman–Crippen MR) is 130 cm³/mol. The molecule has 2 aliphatic rings. The quantitative estimate of drug-likeness (QED) is 0.560. The average molecular weight is 503 g/mol. The van der Waals surface area contributed by atoms with Crippen LogP contribution in [0.3, 0.4) is 0 Å². The number of aromatic nitrogens is 1. The summed E-state index contributed by atoms with van der Waals surface area (Å²) in [7, 11) is 1.69. The van der Waals surface area contributed by atoms with E-state index in [1.54, 1.807) is 24.2 Å². The number of ether oxygens (including phenoxy) is 1. The molecule has 2 fully saturated rings. The van der Waals surface area contributed by atoms with Crippen LogP contribution in [-0.2, 0) is 11.3 Å². The number of benzene rings is 1. The maximum Gasteiger partial charge on any atom is 0.326 e. The number of nitrogens with one attached hydrogen (secondary N) is 1. The molecule has 2 atom stereocenters. The molecular formula is C24H24ClFN4O3S. The lowest BCUT2D eigenvalue weighted by atomic mass is 10.0. The molecule has 2 aliphatic heterocycles. The normalized spacial score (nSPS) is 21.1. The minimum Gasteiger partial charge on any atom is -0.485 e. The fraction of sp³-hybridized carbons (Fsp3) is 0.375. The molecule has 1 aromatic carbocycles. The van der Waals surface area contributed by atoms with E-state index in [2.05, 4.69) is 10.3 Å². The van der Waals surface area contributed by atoms with Crippen LogP contribution >= 0.6 is 22.9 Å². The standard InChI is InChI=1S/C24H24ClFN4O3S/c1-13-7-14(25)8-17(22(13)33-20-11-27-10-18(20)26)16-3-5-28-19-9-15(34-23(16)19)12-30-21(31)4-6-29(2)24(30)32/h3,5,7-9,18,20,27H,4,6,10-12H2,1-2H3/t18-,20+/m0/s1. The first-order valence-electron chi connectivity index (χ1n) is 11.1. The van der Waals surface area contributed by atoms with Gasteiger partial charge in [-0.1, -0.05) is 11.6 Å². The first kappa shape index (κ1) is 23.0. The van der Waals surface area contributed by atoms with E-state index in [-0.39, 0.29) is 25.0 Å². The molecule has 0 aliphatic carbocycles. The topological polar surface area (TPSA) is 74.8 Å². The van der Waals surface area contributed by atoms with Gasteiger partial charge in [-0.25, -0.2) is 9.18 Å². The van der Waals surface area contributed by atoms with Crippen molar-refractivity contribution in [2.24, 2.45) is 0 Å². The summed E-state index contributed by atoms with van der Waals surface area (Å²) in [6.45, 7) is 3.22. The number of pyridine rings is 1. The molecule has 0 bridgehead atoms. The number of alkyl halides is 1. The lowest BCUT2D eigenvalue weighted by molar-refractivity contribution is -0.131. The van der Waals surface area contributed by atoms with Gasteiger partial charge in [0, 0.05) is 60.3 Å². The van der Waals surface area contributed by atoms with Gasteiger partial charge in [0.2, 0.25) is 5.91 Å². The smallest absolute Gasteiger partial charge is 0.326 e. The molecule has 3 aromatic rings. The van der Waals surface area contributed by atoms with Gasteiger partial charge in [0.25, 0.3) is 0 Å². The van der Waals surface area contributed by atoms with Crippen LogP contribution in [0.25, 0.3) is 21.3 Å². The van der Waals surface area contributed by atoms with Gasteiger partial charge in [0.15, 0.2) is 6.17 Å². The van der Waals surface area contributed by atoms with Crippen LogP contribution in [0.1, 0.15) is 16.9 Å². The number of carbonyl (C=O) groups excluding carboxylic acids is 2. The molecule has 0 unspecified atom stereocenters. The third kappa shape index (κ3) is 4.23. The van der Waals surface area contributed by atoms with Crippen LogP contribution in [0.4, 0.5) is 9.18 Å². The van der Waals surface area contributed by atoms with Gasteiger partial charge in [-0.2, -0.15) is 0 Å². The van der Waals surface area contributed by atoms with Gasteiger partial charge in [-0.15, -0.1) is 11.3 Å². The number of urea groups is 1. The highest BCUT2D eigenvalue weighted by atomic mass is 35.5. The maximum atomic E-state index is 14.3. The second-order valence-electron chi connectivity index (χ2n) is 8.65. The number of hydrogen-bond donors (Lipinski definition) is 1. The summed E-state index contributed by atoms with van der Waals surface area (Å²) in [5.41, 5.74) is 3.18. The van der Waals surface area contributed by atoms with Gasteiger partial charge in [-0.05, 0) is 36.8 Å². The molecule has 0 saturated carbocycles. The molecule has 3 amide bonds. The third-order valence-corrected chi connectivity index (χ3v) is 7.54. The van der Waals surface area contributed by atoms with Crippen molar-refractivity contribution in [1.82, 2.24) is 20.1 Å². The Bertz CT molecular complexity index is 1280. The first-order chi connectivity index (χ1) is 16.3. The summed E-state index contributed by atoms with van der Waals surface area (Å²) in [6.07, 6.45) is 0.341. The molecule has 178 valence electrons. The first-order valence-corrected chi connectivity index (χ1v) is 12.3. The summed E-state index contributed by atoms with van der Waals surface area (Å²) in [5, 5.41) is 3.57. The molecular weight excluding hydrogens is 479 g/mol. The lowest BCUT2D eigenvalue weighted by Crippen LogP contribution is -2.49. The number of nitrogens with zero attached hydrogens (tertiary/aromatic N) is 3. The van der Waals surface area contributed by atoms with Crippen LogP contribution in [-0.4, -0.2) is 65.7 Å². The zero-order chi connectivity index (χ0) is 24.0. The van der Waals surface area contributed by atoms with Crippen molar-refractivity contribution in [2.75, 3.05) is 26.7 Å². The zero-order valence-corrected chi connectivity index (χ0v) is 20.4. The molecule has 5 rings (SSSR count). The zero-order valence-electron chi connectivity index (χ0n) is 18.8.